The number of halogens is 4. The van der Waals surface area contributed by atoms with Crippen LogP contribution in [0.25, 0.3) is 0 Å². The Morgan fingerprint density at radius 3 is 2.44 bits per heavy atom. The fourth-order valence-corrected chi connectivity index (χ4v) is 1.47. The molecule has 0 aliphatic carbocycles. The number of nitrogens with two attached hydrogens (primary N) is 1. The largest absolute Gasteiger partial charge is 0.481 e. The lowest BCUT2D eigenvalue weighted by molar-refractivity contribution is -0.141. The molecule has 0 bridgehead atoms. The molecule has 1 aromatic rings. The van der Waals surface area contributed by atoms with Gasteiger partial charge in [-0.05, 0) is 24.1 Å². The van der Waals surface area contributed by atoms with E-state index in [9.17, 15) is 22.4 Å². The molecule has 18 heavy (non-hydrogen) atoms. The number of alkyl halides is 3. The Balaban J connectivity index is 3.02. The number of carboxylic acids is 1. The molecule has 3 nitrogen and oxygen atoms in total. The van der Waals surface area contributed by atoms with Crippen molar-refractivity contribution in [2.75, 3.05) is 6.54 Å². The van der Waals surface area contributed by atoms with E-state index in [0.717, 1.165) is 6.07 Å². The lowest BCUT2D eigenvalue weighted by Gasteiger charge is -2.12. The van der Waals surface area contributed by atoms with Gasteiger partial charge in [0.05, 0.1) is 11.5 Å². The quantitative estimate of drug-likeness (QED) is 0.819. The van der Waals surface area contributed by atoms with E-state index in [-0.39, 0.29) is 18.5 Å². The second-order valence-electron chi connectivity index (χ2n) is 3.79. The first-order chi connectivity index (χ1) is 8.25. The maximum Gasteiger partial charge on any atom is 0.419 e. The Kier molecular flexibility index (Phi) is 4.28. The van der Waals surface area contributed by atoms with E-state index in [1.165, 1.54) is 0 Å². The van der Waals surface area contributed by atoms with Crippen molar-refractivity contribution in [3.63, 3.8) is 0 Å². The molecule has 0 spiro atoms. The molecule has 0 amide bonds. The van der Waals surface area contributed by atoms with E-state index in [4.69, 9.17) is 10.8 Å². The van der Waals surface area contributed by atoms with Gasteiger partial charge in [0.1, 0.15) is 5.82 Å². The summed E-state index contributed by atoms with van der Waals surface area (Å²) in [5, 5.41) is 8.74. The van der Waals surface area contributed by atoms with Crippen LogP contribution in [0.5, 0.6) is 0 Å². The minimum Gasteiger partial charge on any atom is -0.481 e. The van der Waals surface area contributed by atoms with Crippen LogP contribution in [0.1, 0.15) is 11.1 Å². The highest BCUT2D eigenvalue weighted by Gasteiger charge is 2.34. The van der Waals surface area contributed by atoms with Gasteiger partial charge in [-0.1, -0.05) is 6.07 Å². The van der Waals surface area contributed by atoms with Crippen molar-refractivity contribution in [1.82, 2.24) is 0 Å². The van der Waals surface area contributed by atoms with Gasteiger partial charge < -0.3 is 10.8 Å². The Labute approximate surface area is 100 Å². The van der Waals surface area contributed by atoms with Crippen LogP contribution in [-0.4, -0.2) is 17.6 Å². The first kappa shape index (κ1) is 14.4. The maximum absolute atomic E-state index is 13.0. The summed E-state index contributed by atoms with van der Waals surface area (Å²) in [6.07, 6.45) is -4.98. The average molecular weight is 265 g/mol. The number of hydrogen-bond acceptors (Lipinski definition) is 2. The molecular weight excluding hydrogens is 254 g/mol. The molecule has 3 N–H and O–H groups in total. The molecule has 1 rings (SSSR count). The smallest absolute Gasteiger partial charge is 0.419 e. The molecule has 0 saturated heterocycles. The van der Waals surface area contributed by atoms with Gasteiger partial charge in [-0.2, -0.15) is 13.2 Å². The summed E-state index contributed by atoms with van der Waals surface area (Å²) in [5.41, 5.74) is 3.88. The number of carbonyl (C=O) groups is 1. The monoisotopic (exact) mass is 265 g/mol. The van der Waals surface area contributed by atoms with Crippen LogP contribution in [-0.2, 0) is 17.4 Å². The van der Waals surface area contributed by atoms with E-state index in [1.54, 1.807) is 0 Å². The molecule has 0 fully saturated rings. The molecule has 0 aliphatic rings. The van der Waals surface area contributed by atoms with Gasteiger partial charge in [0.25, 0.3) is 0 Å². The second kappa shape index (κ2) is 5.34. The van der Waals surface area contributed by atoms with E-state index in [2.05, 4.69) is 0 Å². The molecule has 0 radical (unpaired) electrons. The van der Waals surface area contributed by atoms with E-state index in [1.807, 2.05) is 0 Å². The molecule has 0 aromatic heterocycles. The number of aliphatic carboxylic acids is 1. The Bertz CT molecular complexity index is 445. The zero-order valence-corrected chi connectivity index (χ0v) is 9.17. The Morgan fingerprint density at radius 2 is 2.00 bits per heavy atom. The lowest BCUT2D eigenvalue weighted by Crippen LogP contribution is -2.25. The molecule has 0 aliphatic heterocycles. The summed E-state index contributed by atoms with van der Waals surface area (Å²) in [6, 6.07) is 2.41. The van der Waals surface area contributed by atoms with Crippen LogP contribution >= 0.6 is 0 Å². The molecule has 100 valence electrons. The Morgan fingerprint density at radius 1 is 1.39 bits per heavy atom. The van der Waals surface area contributed by atoms with Crippen LogP contribution < -0.4 is 5.73 Å². The van der Waals surface area contributed by atoms with E-state index < -0.39 is 29.4 Å². The minimum absolute atomic E-state index is 0.0848. The fraction of sp³-hybridized carbons (Fsp3) is 0.364. The summed E-state index contributed by atoms with van der Waals surface area (Å²) in [7, 11) is 0. The first-order valence-electron chi connectivity index (χ1n) is 5.04. The third-order valence-electron chi connectivity index (χ3n) is 2.45. The predicted octanol–water partition coefficient (Wildman–Crippen LogP) is 2.05. The Hall–Kier alpha value is -1.63. The molecule has 0 saturated carbocycles. The van der Waals surface area contributed by atoms with Gasteiger partial charge in [0.2, 0.25) is 0 Å². The van der Waals surface area contributed by atoms with Crippen molar-refractivity contribution in [3.8, 4) is 0 Å². The third-order valence-corrected chi connectivity index (χ3v) is 2.45. The molecular formula is C11H11F4NO2. The van der Waals surface area contributed by atoms with Gasteiger partial charge in [0, 0.05) is 6.54 Å². The summed E-state index contributed by atoms with van der Waals surface area (Å²) < 4.78 is 50.3. The normalized spacial score (nSPS) is 13.4. The van der Waals surface area contributed by atoms with Crippen molar-refractivity contribution >= 4 is 5.97 Å². The van der Waals surface area contributed by atoms with Crippen LogP contribution in [0, 0.1) is 11.7 Å². The summed E-state index contributed by atoms with van der Waals surface area (Å²) in [5.74, 6) is -3.57. The molecule has 1 atom stereocenters. The first-order valence-corrected chi connectivity index (χ1v) is 5.04. The minimum atomic E-state index is -4.80. The SMILES string of the molecule is NCC(Cc1ccc(F)c(C(F)(F)F)c1)C(=O)O. The van der Waals surface area contributed by atoms with Crippen molar-refractivity contribution in [2.24, 2.45) is 11.7 Å². The average Bonchev–Trinajstić information content (AvgIpc) is 2.25. The van der Waals surface area contributed by atoms with Gasteiger partial charge in [0.15, 0.2) is 0 Å². The van der Waals surface area contributed by atoms with Crippen LogP contribution in [0.4, 0.5) is 17.6 Å². The summed E-state index contributed by atoms with van der Waals surface area (Å²) in [4.78, 5) is 10.7. The fourth-order valence-electron chi connectivity index (χ4n) is 1.47. The number of rotatable bonds is 4. The van der Waals surface area contributed by atoms with Gasteiger partial charge in [-0.25, -0.2) is 4.39 Å². The zero-order valence-electron chi connectivity index (χ0n) is 9.17. The highest BCUT2D eigenvalue weighted by atomic mass is 19.4. The van der Waals surface area contributed by atoms with Crippen molar-refractivity contribution in [3.05, 3.63) is 35.1 Å². The second-order valence-corrected chi connectivity index (χ2v) is 3.79. The number of carboxylic acid groups (broad SMARTS) is 1. The summed E-state index contributed by atoms with van der Waals surface area (Å²) in [6.45, 7) is -0.200. The highest BCUT2D eigenvalue weighted by Crippen LogP contribution is 2.32. The van der Waals surface area contributed by atoms with Crippen LogP contribution in [0.15, 0.2) is 18.2 Å². The molecule has 1 aromatic carbocycles. The van der Waals surface area contributed by atoms with Gasteiger partial charge >= 0.3 is 12.1 Å². The van der Waals surface area contributed by atoms with Crippen molar-refractivity contribution < 1.29 is 27.5 Å². The summed E-state index contributed by atoms with van der Waals surface area (Å²) >= 11 is 0. The maximum atomic E-state index is 13.0. The van der Waals surface area contributed by atoms with E-state index in [0.29, 0.717) is 12.1 Å². The van der Waals surface area contributed by atoms with E-state index >= 15 is 0 Å². The third kappa shape index (κ3) is 3.43. The molecule has 0 heterocycles. The van der Waals surface area contributed by atoms with Crippen molar-refractivity contribution in [1.29, 1.82) is 0 Å². The number of benzene rings is 1. The standard InChI is InChI=1S/C11H11F4NO2/c12-9-2-1-6(3-7(5-16)10(17)18)4-8(9)11(13,14)15/h1-2,4,7H,3,5,16H2,(H,17,18). The lowest BCUT2D eigenvalue weighted by atomic mass is 9.98. The number of hydrogen-bond donors (Lipinski definition) is 2. The van der Waals surface area contributed by atoms with Crippen LogP contribution in [0.2, 0.25) is 0 Å². The molecule has 1 unspecified atom stereocenters. The predicted molar refractivity (Wildman–Crippen MR) is 55.3 cm³/mol. The van der Waals surface area contributed by atoms with Crippen LogP contribution in [0.3, 0.4) is 0 Å². The van der Waals surface area contributed by atoms with Gasteiger partial charge in [-0.3, -0.25) is 4.79 Å². The topological polar surface area (TPSA) is 63.3 Å². The van der Waals surface area contributed by atoms with Crippen molar-refractivity contribution in [2.45, 2.75) is 12.6 Å². The molecule has 7 heteroatoms. The highest BCUT2D eigenvalue weighted by molar-refractivity contribution is 5.70. The zero-order chi connectivity index (χ0) is 13.9. The van der Waals surface area contributed by atoms with Gasteiger partial charge in [-0.15, -0.1) is 0 Å².